The maximum atomic E-state index is 12.7. The molecule has 2 aromatic rings. The van der Waals surface area contributed by atoms with Gasteiger partial charge in [0.05, 0.1) is 42.9 Å². The molecule has 148 valence electrons. The highest BCUT2D eigenvalue weighted by molar-refractivity contribution is 5.82. The SMILES string of the molecule is C[C@@H]1C[C@H]1C(=O)N1CC[C@@]2(COCc3cnc(NCc4cncn4C)nc32)C1. The smallest absolute Gasteiger partial charge is 0.225 e. The highest BCUT2D eigenvalue weighted by atomic mass is 16.5. The average molecular weight is 382 g/mol. The van der Waals surface area contributed by atoms with Gasteiger partial charge >= 0.3 is 0 Å². The van der Waals surface area contributed by atoms with Crippen LogP contribution >= 0.6 is 0 Å². The fourth-order valence-electron chi connectivity index (χ4n) is 4.48. The summed E-state index contributed by atoms with van der Waals surface area (Å²) in [5.74, 6) is 1.67. The molecule has 1 saturated heterocycles. The Hall–Kier alpha value is -2.48. The largest absolute Gasteiger partial charge is 0.376 e. The Kier molecular flexibility index (Phi) is 4.12. The lowest BCUT2D eigenvalue weighted by atomic mass is 9.80. The van der Waals surface area contributed by atoms with Crippen LogP contribution in [0.4, 0.5) is 5.95 Å². The van der Waals surface area contributed by atoms with Crippen LogP contribution in [0.15, 0.2) is 18.7 Å². The third-order valence-electron chi connectivity index (χ3n) is 6.44. The molecule has 2 fully saturated rings. The molecule has 1 N–H and O–H groups in total. The number of nitrogens with zero attached hydrogens (tertiary/aromatic N) is 5. The Morgan fingerprint density at radius 1 is 1.43 bits per heavy atom. The molecule has 1 spiro atoms. The summed E-state index contributed by atoms with van der Waals surface area (Å²) in [6.45, 7) is 5.39. The van der Waals surface area contributed by atoms with Crippen molar-refractivity contribution in [2.24, 2.45) is 18.9 Å². The van der Waals surface area contributed by atoms with Gasteiger partial charge in [-0.25, -0.2) is 15.0 Å². The van der Waals surface area contributed by atoms with Gasteiger partial charge in [-0.3, -0.25) is 4.79 Å². The molecule has 0 bridgehead atoms. The van der Waals surface area contributed by atoms with E-state index in [9.17, 15) is 4.79 Å². The van der Waals surface area contributed by atoms with E-state index in [4.69, 9.17) is 9.72 Å². The second kappa shape index (κ2) is 6.55. The average Bonchev–Trinajstić information content (AvgIpc) is 3.08. The number of rotatable bonds is 4. The van der Waals surface area contributed by atoms with Crippen LogP contribution in [0.2, 0.25) is 0 Å². The minimum atomic E-state index is -0.215. The van der Waals surface area contributed by atoms with E-state index < -0.39 is 0 Å². The van der Waals surface area contributed by atoms with Crippen LogP contribution in [0.3, 0.4) is 0 Å². The van der Waals surface area contributed by atoms with E-state index in [1.165, 1.54) is 0 Å². The van der Waals surface area contributed by atoms with Gasteiger partial charge in [-0.2, -0.15) is 0 Å². The number of aromatic nitrogens is 4. The summed E-state index contributed by atoms with van der Waals surface area (Å²) in [6.07, 6.45) is 7.40. The first-order valence-corrected chi connectivity index (χ1v) is 9.98. The van der Waals surface area contributed by atoms with Crippen molar-refractivity contribution >= 4 is 11.9 Å². The molecular formula is C20H26N6O2. The van der Waals surface area contributed by atoms with Crippen LogP contribution in [-0.4, -0.2) is 50.0 Å². The summed E-state index contributed by atoms with van der Waals surface area (Å²) < 4.78 is 7.86. The first-order chi connectivity index (χ1) is 13.6. The number of fused-ring (bicyclic) bond motifs is 2. The maximum Gasteiger partial charge on any atom is 0.225 e. The molecule has 0 radical (unpaired) electrons. The van der Waals surface area contributed by atoms with Gasteiger partial charge in [-0.1, -0.05) is 6.92 Å². The second-order valence-electron chi connectivity index (χ2n) is 8.52. The van der Waals surface area contributed by atoms with E-state index in [2.05, 4.69) is 22.2 Å². The van der Waals surface area contributed by atoms with Crippen molar-refractivity contribution in [3.05, 3.63) is 35.7 Å². The van der Waals surface area contributed by atoms with Gasteiger partial charge < -0.3 is 19.5 Å². The third-order valence-corrected chi connectivity index (χ3v) is 6.44. The topological polar surface area (TPSA) is 85.2 Å². The van der Waals surface area contributed by atoms with Gasteiger partial charge in [0.25, 0.3) is 0 Å². The molecule has 1 amide bonds. The predicted molar refractivity (Wildman–Crippen MR) is 102 cm³/mol. The number of carbonyl (C=O) groups excluding carboxylic acids is 1. The van der Waals surface area contributed by atoms with Gasteiger partial charge in [-0.15, -0.1) is 0 Å². The Bertz CT molecular complexity index is 912. The molecule has 5 rings (SSSR count). The molecule has 0 unspecified atom stereocenters. The minimum absolute atomic E-state index is 0.215. The molecule has 4 heterocycles. The number of amides is 1. The molecular weight excluding hydrogens is 356 g/mol. The molecule has 0 aromatic carbocycles. The monoisotopic (exact) mass is 382 g/mol. The number of hydrogen-bond donors (Lipinski definition) is 1. The first kappa shape index (κ1) is 17.6. The van der Waals surface area contributed by atoms with E-state index in [1.54, 1.807) is 6.33 Å². The standard InChI is InChI=1S/C20H26N6O2/c1-13-5-16(13)18(27)26-4-3-20(10-26)11-28-9-14-6-22-19(24-17(14)20)23-8-15-7-21-12-25(15)2/h6-7,12-13,16H,3-5,8-11H2,1-2H3,(H,22,23,24)/t13-,16-,20+/m1/s1. The molecule has 28 heavy (non-hydrogen) atoms. The minimum Gasteiger partial charge on any atom is -0.376 e. The lowest BCUT2D eigenvalue weighted by Crippen LogP contribution is -2.42. The number of hydrogen-bond acceptors (Lipinski definition) is 6. The van der Waals surface area contributed by atoms with E-state index in [-0.39, 0.29) is 11.3 Å². The van der Waals surface area contributed by atoms with Crippen LogP contribution in [0.1, 0.15) is 36.7 Å². The zero-order valence-corrected chi connectivity index (χ0v) is 16.4. The number of likely N-dealkylation sites (tertiary alicyclic amines) is 1. The van der Waals surface area contributed by atoms with Gasteiger partial charge in [0.2, 0.25) is 11.9 Å². The number of imidazole rings is 1. The molecule has 1 aliphatic carbocycles. The second-order valence-corrected chi connectivity index (χ2v) is 8.52. The van der Waals surface area contributed by atoms with E-state index in [1.807, 2.05) is 28.9 Å². The summed E-state index contributed by atoms with van der Waals surface area (Å²) in [4.78, 5) is 28.2. The molecule has 8 nitrogen and oxygen atoms in total. The van der Waals surface area contributed by atoms with Crippen LogP contribution in [0.5, 0.6) is 0 Å². The molecule has 2 aliphatic heterocycles. The van der Waals surface area contributed by atoms with Crippen molar-refractivity contribution in [2.45, 2.75) is 38.3 Å². The molecule has 2 aromatic heterocycles. The molecule has 1 saturated carbocycles. The Morgan fingerprint density at radius 3 is 3.04 bits per heavy atom. The molecule has 3 atom stereocenters. The fourth-order valence-corrected chi connectivity index (χ4v) is 4.48. The van der Waals surface area contributed by atoms with Crippen LogP contribution < -0.4 is 5.32 Å². The van der Waals surface area contributed by atoms with Crippen molar-refractivity contribution in [1.29, 1.82) is 0 Å². The van der Waals surface area contributed by atoms with Crippen molar-refractivity contribution in [3.8, 4) is 0 Å². The van der Waals surface area contributed by atoms with Gasteiger partial charge in [0.15, 0.2) is 0 Å². The summed E-state index contributed by atoms with van der Waals surface area (Å²) in [6, 6.07) is 0. The summed E-state index contributed by atoms with van der Waals surface area (Å²) in [5.41, 5.74) is 2.93. The lowest BCUT2D eigenvalue weighted by molar-refractivity contribution is -0.132. The quantitative estimate of drug-likeness (QED) is 0.862. The Labute approximate surface area is 164 Å². The summed E-state index contributed by atoms with van der Waals surface area (Å²) >= 11 is 0. The summed E-state index contributed by atoms with van der Waals surface area (Å²) in [5, 5.41) is 3.31. The van der Waals surface area contributed by atoms with Crippen LogP contribution in [-0.2, 0) is 35.1 Å². The number of aryl methyl sites for hydroxylation is 1. The van der Waals surface area contributed by atoms with Crippen LogP contribution in [0, 0.1) is 11.8 Å². The van der Waals surface area contributed by atoms with E-state index in [0.29, 0.717) is 44.1 Å². The third kappa shape index (κ3) is 2.96. The fraction of sp³-hybridized carbons (Fsp3) is 0.600. The Morgan fingerprint density at radius 2 is 2.29 bits per heavy atom. The Balaban J connectivity index is 1.36. The van der Waals surface area contributed by atoms with Crippen molar-refractivity contribution < 1.29 is 9.53 Å². The summed E-state index contributed by atoms with van der Waals surface area (Å²) in [7, 11) is 1.97. The lowest BCUT2D eigenvalue weighted by Gasteiger charge is -2.34. The van der Waals surface area contributed by atoms with Crippen molar-refractivity contribution in [1.82, 2.24) is 24.4 Å². The van der Waals surface area contributed by atoms with Crippen molar-refractivity contribution in [2.75, 3.05) is 25.0 Å². The van der Waals surface area contributed by atoms with Crippen molar-refractivity contribution in [3.63, 3.8) is 0 Å². The van der Waals surface area contributed by atoms with Crippen LogP contribution in [0.25, 0.3) is 0 Å². The number of anilines is 1. The predicted octanol–water partition coefficient (Wildman–Crippen LogP) is 1.48. The first-order valence-electron chi connectivity index (χ1n) is 9.98. The number of ether oxygens (including phenoxy) is 1. The zero-order valence-electron chi connectivity index (χ0n) is 16.4. The maximum absolute atomic E-state index is 12.7. The molecule has 8 heteroatoms. The zero-order chi connectivity index (χ0) is 19.3. The van der Waals surface area contributed by atoms with Gasteiger partial charge in [0.1, 0.15) is 0 Å². The highest BCUT2D eigenvalue weighted by Crippen LogP contribution is 2.44. The van der Waals surface area contributed by atoms with E-state index in [0.717, 1.165) is 36.3 Å². The normalized spacial score (nSPS) is 28.4. The number of nitrogens with one attached hydrogen (secondary N) is 1. The molecule has 3 aliphatic rings. The van der Waals surface area contributed by atoms with E-state index >= 15 is 0 Å². The number of carbonyl (C=O) groups is 1. The van der Waals surface area contributed by atoms with Gasteiger partial charge in [-0.05, 0) is 18.8 Å². The van der Waals surface area contributed by atoms with Gasteiger partial charge in [0, 0.05) is 44.0 Å². The highest BCUT2D eigenvalue weighted by Gasteiger charge is 2.49.